The number of hydrogen-bond acceptors (Lipinski definition) is 33. The van der Waals surface area contributed by atoms with Gasteiger partial charge in [-0.05, 0) is 42.2 Å². The van der Waals surface area contributed by atoms with E-state index in [9.17, 15) is 73.9 Å². The SMILES string of the molecule is Cc1cn([C@H]2C[C@H](OP(=O)(OCCC#N)OC[C@H]3O[C@@H](n4ccc(NC(=O)C(C)C)nc4=O)C[C@@H]3OP(=O)(OCCC#N)OC[C@H]3O[C@@H](n4cnc5c(NC(=O)c6ccccc6)ncnc54)C[C@@H]3OP(=O)(OCCC#N)OC[C@H](NC(=O)[C@@H](NC(=O)[C@H](Cc3ccccc3)NC(=O)Cc3ccccc3)C(C)C)C(=O)NCC(=O)O)[C@@H](CO)O2)c(=O)[nH]c1=O. The van der Waals surface area contributed by atoms with Gasteiger partial charge in [-0.15, -0.1) is 0 Å². The van der Waals surface area contributed by atoms with Gasteiger partial charge in [-0.2, -0.15) is 20.8 Å². The molecule has 123 heavy (non-hydrogen) atoms. The maximum absolute atomic E-state index is 15.8. The quantitative estimate of drug-likeness (QED) is 0.0183. The molecule has 0 aliphatic carbocycles. The number of carbonyl (C=O) groups is 7. The third-order valence-corrected chi connectivity index (χ3v) is 23.3. The molecule has 47 heteroatoms. The highest BCUT2D eigenvalue weighted by molar-refractivity contribution is 7.49. The lowest BCUT2D eigenvalue weighted by atomic mass is 10.0. The number of aliphatic carboxylic acids is 1. The van der Waals surface area contributed by atoms with Crippen LogP contribution < -0.4 is 48.8 Å². The molecular formula is C76H90N17O27P3. The number of phosphoric ester groups is 3. The molecule has 15 atom stereocenters. The Labute approximate surface area is 701 Å². The second-order valence-electron chi connectivity index (χ2n) is 28.5. The Morgan fingerprint density at radius 1 is 0.610 bits per heavy atom. The fraction of sp³-hybridized carbons (Fsp3) is 0.461. The van der Waals surface area contributed by atoms with E-state index in [1.165, 1.54) is 36.3 Å². The highest BCUT2D eigenvalue weighted by Gasteiger charge is 2.50. The average Bonchev–Trinajstić information content (AvgIpc) is 1.61. The van der Waals surface area contributed by atoms with Gasteiger partial charge in [0.05, 0.1) is 96.5 Å². The summed E-state index contributed by atoms with van der Waals surface area (Å²) in [6.45, 7) is 0.574. The Hall–Kier alpha value is -11.3. The monoisotopic (exact) mass is 1770 g/mol. The summed E-state index contributed by atoms with van der Waals surface area (Å²) >= 11 is 0. The predicted octanol–water partition coefficient (Wildman–Crippen LogP) is 4.76. The number of carbonyl (C=O) groups excluding carboxylic acids is 6. The van der Waals surface area contributed by atoms with Crippen molar-refractivity contribution in [3.63, 3.8) is 0 Å². The second kappa shape index (κ2) is 44.2. The number of imidazole rings is 1. The van der Waals surface area contributed by atoms with Crippen molar-refractivity contribution in [3.8, 4) is 18.2 Å². The minimum atomic E-state index is -5.41. The van der Waals surface area contributed by atoms with Crippen molar-refractivity contribution in [1.29, 1.82) is 15.8 Å². The molecule has 44 nitrogen and oxygen atoms in total. The number of carboxylic acid groups (broad SMARTS) is 1. The molecule has 3 aromatic carbocycles. The Morgan fingerprint density at radius 2 is 1.15 bits per heavy atom. The third kappa shape index (κ3) is 26.4. The molecule has 3 fully saturated rings. The highest BCUT2D eigenvalue weighted by Crippen LogP contribution is 2.58. The van der Waals surface area contributed by atoms with Crippen molar-refractivity contribution >= 4 is 87.7 Å². The standard InChI is InChI=1S/C76H90N17O27P3/c1-45(2)65(88-73(102)51(32-48-18-9-6-10-19-48)84-60(95)33-49-20-11-7-12-21-49)74(103)85-52(72(101)80-37-64(96)97)40-112-121(106,109-29-15-25-77)119-55-36-63(93-44-83-66-67(81-43-82-68(66)93)89-71(100)50-22-13-8-14-23-50)117-58(55)42-114-123(108,111-31-17-27-79)120-54-35-61(91-28-24-59(87-75(91)104)86-69(98)46(3)4)116-57(54)41-113-122(107,110-30-16-26-78)118-53-34-62(115-56(53)39-94)92-38-47(5)70(99)90-76(92)105/h6-14,18-24,28,38,43-46,51-58,61-63,65,94H,15-17,29-37,39-42H2,1-5H3,(H,80,101)(H,84,95)(H,85,103)(H,88,102)(H,96,97)(H,90,99,105)(H,81,82,89,100)(H,86,87,98,104)/t51-,52-,53-,54-,55-,56+,57+,58+,61+,62+,63+,65-,121?,122?,123?/m0/s1. The van der Waals surface area contributed by atoms with Crippen LogP contribution in [0.5, 0.6) is 0 Å². The van der Waals surface area contributed by atoms with Crippen LogP contribution in [0.2, 0.25) is 0 Å². The van der Waals surface area contributed by atoms with Crippen LogP contribution in [-0.4, -0.2) is 198 Å². The van der Waals surface area contributed by atoms with Crippen LogP contribution in [0.3, 0.4) is 0 Å². The smallest absolute Gasteiger partial charge is 0.475 e. The number of aliphatic hydroxyl groups excluding tert-OH is 1. The first-order chi connectivity index (χ1) is 58.9. The van der Waals surface area contributed by atoms with Crippen molar-refractivity contribution in [1.82, 2.24) is 59.9 Å². The molecule has 0 saturated carbocycles. The lowest BCUT2D eigenvalue weighted by Gasteiger charge is -2.29. The van der Waals surface area contributed by atoms with E-state index in [1.807, 2.05) is 18.2 Å². The molecule has 7 heterocycles. The van der Waals surface area contributed by atoms with E-state index in [1.54, 1.807) is 119 Å². The summed E-state index contributed by atoms with van der Waals surface area (Å²) in [6.07, 6.45) is -12.0. The molecule has 3 aliphatic heterocycles. The number of fused-ring (bicyclic) bond motifs is 1. The number of anilines is 2. The molecule has 7 aromatic rings. The van der Waals surface area contributed by atoms with Crippen LogP contribution >= 0.6 is 23.5 Å². The Kier molecular flexibility index (Phi) is 33.7. The summed E-state index contributed by atoms with van der Waals surface area (Å²) in [5.74, 6) is -7.94. The number of carboxylic acids is 1. The molecule has 6 amide bonds. The molecule has 0 bridgehead atoms. The molecule has 0 spiro atoms. The van der Waals surface area contributed by atoms with E-state index in [4.69, 9.17) is 54.9 Å². The van der Waals surface area contributed by atoms with Crippen LogP contribution in [-0.2, 0) is 110 Å². The van der Waals surface area contributed by atoms with E-state index in [0.717, 1.165) is 15.5 Å². The summed E-state index contributed by atoms with van der Waals surface area (Å²) in [7, 11) is -15.9. The summed E-state index contributed by atoms with van der Waals surface area (Å²) in [4.78, 5) is 154. The maximum Gasteiger partial charge on any atom is 0.475 e. The lowest BCUT2D eigenvalue weighted by molar-refractivity contribution is -0.139. The molecule has 3 saturated heterocycles. The fourth-order valence-electron chi connectivity index (χ4n) is 12.6. The van der Waals surface area contributed by atoms with Crippen molar-refractivity contribution in [2.75, 3.05) is 63.4 Å². The molecule has 3 unspecified atom stereocenters. The van der Waals surface area contributed by atoms with Gasteiger partial charge < -0.3 is 56.3 Å². The van der Waals surface area contributed by atoms with E-state index in [0.29, 0.717) is 11.1 Å². The van der Waals surface area contributed by atoms with E-state index in [2.05, 4.69) is 56.8 Å². The number of hydrogen-bond donors (Lipinski definition) is 9. The molecular weight excluding hydrogens is 1680 g/mol. The Balaban J connectivity index is 0.964. The maximum atomic E-state index is 15.8. The number of aliphatic hydroxyl groups is 1. The van der Waals surface area contributed by atoms with Crippen molar-refractivity contribution < 1.29 is 112 Å². The second-order valence-corrected chi connectivity index (χ2v) is 33.4. The number of benzene rings is 3. The number of nitriles is 3. The number of rotatable bonds is 45. The number of H-pyrrole nitrogens is 1. The van der Waals surface area contributed by atoms with Crippen LogP contribution in [0.25, 0.3) is 11.2 Å². The van der Waals surface area contributed by atoms with E-state index < -0.39 is 252 Å². The molecule has 656 valence electrons. The zero-order chi connectivity index (χ0) is 88.5. The first-order valence-electron chi connectivity index (χ1n) is 38.5. The number of nitrogens with zero attached hydrogens (tertiary/aromatic N) is 10. The first-order valence-corrected chi connectivity index (χ1v) is 42.9. The van der Waals surface area contributed by atoms with Gasteiger partial charge in [0.2, 0.25) is 29.5 Å². The molecule has 3 aliphatic rings. The van der Waals surface area contributed by atoms with Gasteiger partial charge in [0.25, 0.3) is 11.5 Å². The van der Waals surface area contributed by atoms with Crippen LogP contribution in [0.4, 0.5) is 11.6 Å². The number of phosphoric acid groups is 3. The minimum absolute atomic E-state index is 0.00303. The number of aromatic amines is 1. The van der Waals surface area contributed by atoms with E-state index >= 15 is 13.7 Å². The zero-order valence-electron chi connectivity index (χ0n) is 66.9. The topological polar surface area (TPSA) is 599 Å². The third-order valence-electron chi connectivity index (χ3n) is 18.8. The van der Waals surface area contributed by atoms with Gasteiger partial charge in [-0.1, -0.05) is 107 Å². The van der Waals surface area contributed by atoms with Gasteiger partial charge in [0.1, 0.15) is 92.1 Å². The van der Waals surface area contributed by atoms with Crippen LogP contribution in [0.15, 0.2) is 136 Å². The van der Waals surface area contributed by atoms with Crippen molar-refractivity contribution in [2.45, 2.75) is 159 Å². The molecule has 0 radical (unpaired) electrons. The predicted molar refractivity (Wildman–Crippen MR) is 426 cm³/mol. The number of ether oxygens (including phenoxy) is 3. The zero-order valence-corrected chi connectivity index (χ0v) is 69.5. The van der Waals surface area contributed by atoms with Crippen LogP contribution in [0, 0.1) is 52.8 Å². The minimum Gasteiger partial charge on any atom is -0.480 e. The number of aromatic nitrogens is 8. The molecule has 4 aromatic heterocycles. The number of amides is 6. The summed E-state index contributed by atoms with van der Waals surface area (Å²) < 4.78 is 122. The van der Waals surface area contributed by atoms with Gasteiger partial charge in [0.15, 0.2) is 17.0 Å². The van der Waals surface area contributed by atoms with E-state index in [-0.39, 0.29) is 53.2 Å². The summed E-state index contributed by atoms with van der Waals surface area (Å²) in [6, 6.07) is 27.2. The van der Waals surface area contributed by atoms with Gasteiger partial charge in [-0.25, -0.2) is 38.2 Å². The Morgan fingerprint density at radius 3 is 1.69 bits per heavy atom. The van der Waals surface area contributed by atoms with Crippen LogP contribution in [0.1, 0.15) is 112 Å². The fourth-order valence-corrected chi connectivity index (χ4v) is 16.8. The Bertz CT molecular complexity index is 5360. The van der Waals surface area contributed by atoms with Crippen molar-refractivity contribution in [2.24, 2.45) is 11.8 Å². The van der Waals surface area contributed by atoms with Crippen molar-refractivity contribution in [3.05, 3.63) is 176 Å². The lowest BCUT2D eigenvalue weighted by Crippen LogP contribution is -2.59. The first kappa shape index (κ1) is 94.0. The normalized spacial score (nSPS) is 20.9. The average molecular weight is 1770 g/mol. The van der Waals surface area contributed by atoms with Gasteiger partial charge >= 0.3 is 40.8 Å². The summed E-state index contributed by atoms with van der Waals surface area (Å²) in [5, 5.41) is 64.5. The largest absolute Gasteiger partial charge is 0.480 e. The molecule has 10 rings (SSSR count). The highest BCUT2D eigenvalue weighted by atomic mass is 31.2. The summed E-state index contributed by atoms with van der Waals surface area (Å²) in [5.41, 5.74) is -1.04. The van der Waals surface area contributed by atoms with Gasteiger partial charge in [0, 0.05) is 55.1 Å². The number of nitrogens with one attached hydrogen (secondary N) is 7. The van der Waals surface area contributed by atoms with Gasteiger partial charge in [-0.3, -0.25) is 97.8 Å². The molecule has 9 N–H and O–H groups in total. The number of aryl methyl sites for hydroxylation is 1.